The third-order valence-electron chi connectivity index (χ3n) is 3.67. The molecule has 4 amide bonds. The number of nitrogens with one attached hydrogen (secondary N) is 3. The number of carbonyl (C=O) groups is 3. The molecule has 2 aliphatic heterocycles. The van der Waals surface area contributed by atoms with Crippen molar-refractivity contribution in [2.45, 2.75) is 12.1 Å². The minimum atomic E-state index is -0.700. The molecule has 3 N–H and O–H groups in total. The first-order chi connectivity index (χ1) is 10.6. The minimum Gasteiger partial charge on any atom is -0.325 e. The lowest BCUT2D eigenvalue weighted by molar-refractivity contribution is -0.126. The van der Waals surface area contributed by atoms with Crippen molar-refractivity contribution in [3.8, 4) is 0 Å². The number of anilines is 1. The molecule has 2 saturated heterocycles. The number of carbonyl (C=O) groups excluding carboxylic acids is 3. The van der Waals surface area contributed by atoms with Gasteiger partial charge in [-0.3, -0.25) is 19.8 Å². The molecular weight excluding hydrogens is 304 g/mol. The molecule has 2 atom stereocenters. The van der Waals surface area contributed by atoms with Gasteiger partial charge in [-0.2, -0.15) is 0 Å². The molecule has 2 heterocycles. The molecule has 0 bridgehead atoms. The lowest BCUT2D eigenvalue weighted by Gasteiger charge is -2.13. The fourth-order valence-corrected chi connectivity index (χ4v) is 3.33. The number of likely N-dealkylation sites (N-methyl/N-ethyl adjacent to an activating group) is 1. The van der Waals surface area contributed by atoms with Crippen LogP contribution in [0.2, 0.25) is 0 Å². The summed E-state index contributed by atoms with van der Waals surface area (Å²) in [5, 5.41) is 8.55. The van der Waals surface area contributed by atoms with E-state index in [2.05, 4.69) is 16.0 Å². The van der Waals surface area contributed by atoms with Gasteiger partial charge < -0.3 is 10.6 Å². The first-order valence-electron chi connectivity index (χ1n) is 6.86. The Labute approximate surface area is 131 Å². The highest BCUT2D eigenvalue weighted by Gasteiger charge is 2.36. The van der Waals surface area contributed by atoms with E-state index in [0.29, 0.717) is 11.3 Å². The number of benzene rings is 1. The van der Waals surface area contributed by atoms with Crippen molar-refractivity contribution in [1.82, 2.24) is 15.5 Å². The molecule has 0 saturated carbocycles. The maximum absolute atomic E-state index is 12.1. The van der Waals surface area contributed by atoms with E-state index in [9.17, 15) is 14.4 Å². The molecule has 0 radical (unpaired) electrons. The molecule has 0 aliphatic carbocycles. The van der Waals surface area contributed by atoms with Gasteiger partial charge in [0.1, 0.15) is 6.04 Å². The number of imide groups is 1. The zero-order chi connectivity index (χ0) is 15.7. The van der Waals surface area contributed by atoms with E-state index in [1.54, 1.807) is 36.0 Å². The van der Waals surface area contributed by atoms with Gasteiger partial charge >= 0.3 is 6.03 Å². The molecule has 7 nitrogen and oxygen atoms in total. The van der Waals surface area contributed by atoms with Crippen molar-refractivity contribution < 1.29 is 14.4 Å². The second kappa shape index (κ2) is 5.98. The summed E-state index contributed by atoms with van der Waals surface area (Å²) in [5.41, 5.74) is 1.26. The third-order valence-corrected chi connectivity index (χ3v) is 4.61. The Morgan fingerprint density at radius 3 is 2.86 bits per heavy atom. The number of rotatable bonds is 3. The van der Waals surface area contributed by atoms with Gasteiger partial charge in [-0.05, 0) is 17.7 Å². The SMILES string of the molecule is CN1C(=O)NC(c2cccc(NC(=O)C3CSCN3)c2)C1=O. The Morgan fingerprint density at radius 1 is 1.41 bits per heavy atom. The summed E-state index contributed by atoms with van der Waals surface area (Å²) < 4.78 is 0. The lowest BCUT2D eigenvalue weighted by Crippen LogP contribution is -2.37. The van der Waals surface area contributed by atoms with Crippen LogP contribution in [-0.4, -0.2) is 47.5 Å². The Bertz CT molecular complexity index is 630. The van der Waals surface area contributed by atoms with E-state index in [1.807, 2.05) is 0 Å². The number of nitrogens with zero attached hydrogens (tertiary/aromatic N) is 1. The molecule has 3 rings (SSSR count). The Morgan fingerprint density at radius 2 is 2.23 bits per heavy atom. The van der Waals surface area contributed by atoms with Gasteiger partial charge in [-0.25, -0.2) is 4.79 Å². The van der Waals surface area contributed by atoms with E-state index < -0.39 is 12.1 Å². The summed E-state index contributed by atoms with van der Waals surface area (Å²) in [6.07, 6.45) is 0. The van der Waals surface area contributed by atoms with Crippen LogP contribution in [0.4, 0.5) is 10.5 Å². The summed E-state index contributed by atoms with van der Waals surface area (Å²) in [6, 6.07) is 5.65. The minimum absolute atomic E-state index is 0.0962. The Kier molecular flexibility index (Phi) is 4.04. The molecule has 22 heavy (non-hydrogen) atoms. The van der Waals surface area contributed by atoms with Crippen LogP contribution in [0.25, 0.3) is 0 Å². The Hall–Kier alpha value is -2.06. The van der Waals surface area contributed by atoms with Crippen LogP contribution in [0.15, 0.2) is 24.3 Å². The summed E-state index contributed by atoms with van der Waals surface area (Å²) in [7, 11) is 1.44. The van der Waals surface area contributed by atoms with Crippen LogP contribution in [0, 0.1) is 0 Å². The normalized spacial score (nSPS) is 24.5. The van der Waals surface area contributed by atoms with Gasteiger partial charge in [-0.1, -0.05) is 12.1 Å². The summed E-state index contributed by atoms with van der Waals surface area (Å²) >= 11 is 1.68. The summed E-state index contributed by atoms with van der Waals surface area (Å²) in [5.74, 6) is 1.11. The van der Waals surface area contributed by atoms with Crippen molar-refractivity contribution in [1.29, 1.82) is 0 Å². The van der Waals surface area contributed by atoms with E-state index in [4.69, 9.17) is 0 Å². The summed E-state index contributed by atoms with van der Waals surface area (Å²) in [6.45, 7) is 0. The van der Waals surface area contributed by atoms with Crippen molar-refractivity contribution in [2.24, 2.45) is 0 Å². The van der Waals surface area contributed by atoms with E-state index in [-0.39, 0.29) is 17.9 Å². The molecule has 1 aromatic rings. The number of amides is 4. The number of hydrogen-bond acceptors (Lipinski definition) is 5. The largest absolute Gasteiger partial charge is 0.325 e. The Balaban J connectivity index is 1.74. The van der Waals surface area contributed by atoms with Crippen LogP contribution < -0.4 is 16.0 Å². The fourth-order valence-electron chi connectivity index (χ4n) is 2.39. The predicted molar refractivity (Wildman–Crippen MR) is 83.4 cm³/mol. The van der Waals surface area contributed by atoms with Crippen LogP contribution in [0.5, 0.6) is 0 Å². The number of urea groups is 1. The molecule has 2 fully saturated rings. The van der Waals surface area contributed by atoms with Crippen molar-refractivity contribution in [3.05, 3.63) is 29.8 Å². The maximum atomic E-state index is 12.1. The average Bonchev–Trinajstić information content (AvgIpc) is 3.13. The van der Waals surface area contributed by atoms with Crippen LogP contribution >= 0.6 is 11.8 Å². The van der Waals surface area contributed by atoms with Crippen molar-refractivity contribution in [3.63, 3.8) is 0 Å². The highest BCUT2D eigenvalue weighted by Crippen LogP contribution is 2.23. The topological polar surface area (TPSA) is 90.5 Å². The average molecular weight is 320 g/mol. The highest BCUT2D eigenvalue weighted by atomic mass is 32.2. The van der Waals surface area contributed by atoms with Crippen LogP contribution in [-0.2, 0) is 9.59 Å². The molecule has 116 valence electrons. The van der Waals surface area contributed by atoms with Crippen molar-refractivity contribution >= 4 is 35.3 Å². The zero-order valence-electron chi connectivity index (χ0n) is 12.0. The first kappa shape index (κ1) is 14.9. The molecule has 8 heteroatoms. The molecule has 0 spiro atoms. The van der Waals surface area contributed by atoms with Gasteiger partial charge in [0.05, 0.1) is 6.04 Å². The quantitative estimate of drug-likeness (QED) is 0.706. The number of thioether (sulfide) groups is 1. The molecule has 2 aliphatic rings. The van der Waals surface area contributed by atoms with Gasteiger partial charge in [0.25, 0.3) is 5.91 Å². The van der Waals surface area contributed by atoms with Gasteiger partial charge in [0, 0.05) is 24.4 Å². The fraction of sp³-hybridized carbons (Fsp3) is 0.357. The first-order valence-corrected chi connectivity index (χ1v) is 8.02. The number of hydrogen-bond donors (Lipinski definition) is 3. The zero-order valence-corrected chi connectivity index (χ0v) is 12.8. The van der Waals surface area contributed by atoms with Gasteiger partial charge in [0.2, 0.25) is 5.91 Å². The molecule has 1 aromatic carbocycles. The molecule has 0 aromatic heterocycles. The van der Waals surface area contributed by atoms with Crippen LogP contribution in [0.1, 0.15) is 11.6 Å². The smallest absolute Gasteiger partial charge is 0.324 e. The van der Waals surface area contributed by atoms with E-state index in [0.717, 1.165) is 16.5 Å². The lowest BCUT2D eigenvalue weighted by atomic mass is 10.1. The third kappa shape index (κ3) is 2.79. The van der Waals surface area contributed by atoms with E-state index >= 15 is 0 Å². The van der Waals surface area contributed by atoms with Crippen LogP contribution in [0.3, 0.4) is 0 Å². The van der Waals surface area contributed by atoms with Gasteiger partial charge in [0.15, 0.2) is 0 Å². The summed E-state index contributed by atoms with van der Waals surface area (Å²) in [4.78, 5) is 36.7. The van der Waals surface area contributed by atoms with Crippen molar-refractivity contribution in [2.75, 3.05) is 24.0 Å². The standard InChI is InChI=1S/C14H16N4O3S/c1-18-13(20)11(17-14(18)21)8-3-2-4-9(5-8)16-12(19)10-6-22-7-15-10/h2-5,10-11,15H,6-7H2,1H3,(H,16,19)(H,17,21). The second-order valence-corrected chi connectivity index (χ2v) is 6.20. The van der Waals surface area contributed by atoms with E-state index in [1.165, 1.54) is 7.05 Å². The molecular formula is C14H16N4O3S. The predicted octanol–water partition coefficient (Wildman–Crippen LogP) is 0.510. The second-order valence-electron chi connectivity index (χ2n) is 5.17. The monoisotopic (exact) mass is 320 g/mol. The maximum Gasteiger partial charge on any atom is 0.324 e. The molecule has 2 unspecified atom stereocenters. The highest BCUT2D eigenvalue weighted by molar-refractivity contribution is 7.99. The van der Waals surface area contributed by atoms with Gasteiger partial charge in [-0.15, -0.1) is 11.8 Å².